The fourth-order valence-electron chi connectivity index (χ4n) is 2.09. The van der Waals surface area contributed by atoms with Gasteiger partial charge in [0.2, 0.25) is 10.0 Å². The van der Waals surface area contributed by atoms with Crippen molar-refractivity contribution >= 4 is 16.0 Å². The van der Waals surface area contributed by atoms with Crippen molar-refractivity contribution in [3.8, 4) is 0 Å². The molecular formula is C11H16N2O5S. The van der Waals surface area contributed by atoms with Gasteiger partial charge in [-0.25, -0.2) is 13.2 Å². The average molecular weight is 288 g/mol. The molecule has 7 nitrogen and oxygen atoms in total. The Labute approximate surface area is 111 Å². The van der Waals surface area contributed by atoms with E-state index in [1.165, 1.54) is 28.2 Å². The summed E-state index contributed by atoms with van der Waals surface area (Å²) in [7, 11) is -2.17. The van der Waals surface area contributed by atoms with Gasteiger partial charge in [-0.1, -0.05) is 0 Å². The molecule has 1 aliphatic heterocycles. The fourth-order valence-corrected chi connectivity index (χ4v) is 3.76. The third-order valence-electron chi connectivity index (χ3n) is 3.11. The molecule has 1 aromatic rings. The molecule has 0 saturated carbocycles. The highest BCUT2D eigenvalue weighted by Gasteiger charge is 2.33. The first-order valence-corrected chi connectivity index (χ1v) is 7.27. The Balaban J connectivity index is 2.39. The lowest BCUT2D eigenvalue weighted by Gasteiger charge is -2.31. The summed E-state index contributed by atoms with van der Waals surface area (Å²) in [6.45, 7) is 2.73. The fraction of sp³-hybridized carbons (Fsp3) is 0.545. The van der Waals surface area contributed by atoms with E-state index in [9.17, 15) is 13.2 Å². The molecule has 0 radical (unpaired) electrons. The van der Waals surface area contributed by atoms with Crippen molar-refractivity contribution in [2.45, 2.75) is 17.9 Å². The van der Waals surface area contributed by atoms with E-state index in [2.05, 4.69) is 0 Å². The van der Waals surface area contributed by atoms with Gasteiger partial charge in [0.25, 0.3) is 0 Å². The number of aromatic carboxylic acids is 1. The zero-order chi connectivity index (χ0) is 14.2. The number of morpholine rings is 1. The van der Waals surface area contributed by atoms with E-state index in [1.807, 2.05) is 0 Å². The summed E-state index contributed by atoms with van der Waals surface area (Å²) in [6.07, 6.45) is 1.32. The molecule has 1 aliphatic rings. The van der Waals surface area contributed by atoms with Crippen molar-refractivity contribution in [1.82, 2.24) is 8.87 Å². The second-order valence-electron chi connectivity index (χ2n) is 4.52. The number of hydrogen-bond donors (Lipinski definition) is 1. The number of carbonyl (C=O) groups is 1. The predicted molar refractivity (Wildman–Crippen MR) is 66.5 cm³/mol. The predicted octanol–water partition coefficient (Wildman–Crippen LogP) is 0.133. The maximum absolute atomic E-state index is 12.4. The van der Waals surface area contributed by atoms with Crippen LogP contribution in [0.25, 0.3) is 0 Å². The summed E-state index contributed by atoms with van der Waals surface area (Å²) in [5.41, 5.74) is -0.0560. The van der Waals surface area contributed by atoms with Crippen LogP contribution in [-0.4, -0.2) is 54.2 Å². The summed E-state index contributed by atoms with van der Waals surface area (Å²) < 4.78 is 32.7. The Morgan fingerprint density at radius 2 is 2.21 bits per heavy atom. The molecule has 1 fully saturated rings. The van der Waals surface area contributed by atoms with Crippen LogP contribution in [0.15, 0.2) is 17.2 Å². The molecule has 2 rings (SSSR count). The molecule has 1 N–H and O–H groups in total. The van der Waals surface area contributed by atoms with Gasteiger partial charge >= 0.3 is 5.97 Å². The van der Waals surface area contributed by atoms with Gasteiger partial charge in [-0.05, 0) is 13.0 Å². The topological polar surface area (TPSA) is 88.8 Å². The van der Waals surface area contributed by atoms with Gasteiger partial charge in [-0.2, -0.15) is 4.31 Å². The molecule has 0 spiro atoms. The third-order valence-corrected chi connectivity index (χ3v) is 5.09. The highest BCUT2D eigenvalue weighted by molar-refractivity contribution is 7.89. The lowest BCUT2D eigenvalue weighted by Crippen LogP contribution is -2.46. The van der Waals surface area contributed by atoms with Crippen LogP contribution in [-0.2, 0) is 21.8 Å². The van der Waals surface area contributed by atoms with Crippen LogP contribution in [0.4, 0.5) is 0 Å². The number of ether oxygens (including phenoxy) is 1. The second kappa shape index (κ2) is 4.95. The highest BCUT2D eigenvalue weighted by Crippen LogP contribution is 2.22. The van der Waals surface area contributed by atoms with Crippen LogP contribution in [0.1, 0.15) is 17.4 Å². The summed E-state index contributed by atoms with van der Waals surface area (Å²) in [4.78, 5) is 11.0. The second-order valence-corrected chi connectivity index (χ2v) is 6.41. The SMILES string of the molecule is CC1COCCN1S(=O)(=O)c1cc(C(=O)O)n(C)c1. The molecule has 19 heavy (non-hydrogen) atoms. The molecule has 0 aliphatic carbocycles. The standard InChI is InChI=1S/C11H16N2O5S/c1-8-7-18-4-3-13(8)19(16,17)9-5-10(11(14)15)12(2)6-9/h5-6,8H,3-4,7H2,1-2H3,(H,14,15). The molecule has 106 valence electrons. The number of nitrogens with zero attached hydrogens (tertiary/aromatic N) is 2. The number of carboxylic acids is 1. The van der Waals surface area contributed by atoms with Gasteiger partial charge in [0.15, 0.2) is 0 Å². The maximum atomic E-state index is 12.4. The number of aromatic nitrogens is 1. The molecule has 1 aromatic heterocycles. The highest BCUT2D eigenvalue weighted by atomic mass is 32.2. The molecule has 0 amide bonds. The van der Waals surface area contributed by atoms with Crippen LogP contribution in [0.2, 0.25) is 0 Å². The molecule has 1 atom stereocenters. The number of sulfonamides is 1. The third kappa shape index (κ3) is 2.51. The number of aryl methyl sites for hydroxylation is 1. The van der Waals surface area contributed by atoms with Crippen molar-refractivity contribution in [2.75, 3.05) is 19.8 Å². The summed E-state index contributed by atoms with van der Waals surface area (Å²) in [5, 5.41) is 8.96. The quantitative estimate of drug-likeness (QED) is 0.854. The Morgan fingerprint density at radius 3 is 2.74 bits per heavy atom. The number of carboxylic acid groups (broad SMARTS) is 1. The van der Waals surface area contributed by atoms with Gasteiger partial charge in [-0.15, -0.1) is 0 Å². The Morgan fingerprint density at radius 1 is 1.53 bits per heavy atom. The Kier molecular flexibility index (Phi) is 3.66. The van der Waals surface area contributed by atoms with Crippen molar-refractivity contribution in [3.63, 3.8) is 0 Å². The lowest BCUT2D eigenvalue weighted by atomic mass is 10.3. The molecule has 0 aromatic carbocycles. The number of hydrogen-bond acceptors (Lipinski definition) is 4. The van der Waals surface area contributed by atoms with E-state index in [1.54, 1.807) is 6.92 Å². The van der Waals surface area contributed by atoms with Crippen LogP contribution < -0.4 is 0 Å². The van der Waals surface area contributed by atoms with E-state index in [-0.39, 0.29) is 23.2 Å². The lowest BCUT2D eigenvalue weighted by molar-refractivity contribution is 0.0393. The maximum Gasteiger partial charge on any atom is 0.352 e. The van der Waals surface area contributed by atoms with Crippen LogP contribution in [0.5, 0.6) is 0 Å². The van der Waals surface area contributed by atoms with Crippen molar-refractivity contribution in [3.05, 3.63) is 18.0 Å². The first-order chi connectivity index (χ1) is 8.84. The summed E-state index contributed by atoms with van der Waals surface area (Å²) in [5.74, 6) is -1.15. The molecular weight excluding hydrogens is 272 g/mol. The molecule has 0 bridgehead atoms. The minimum absolute atomic E-state index is 0.00106. The largest absolute Gasteiger partial charge is 0.477 e. The smallest absolute Gasteiger partial charge is 0.352 e. The summed E-state index contributed by atoms with van der Waals surface area (Å²) in [6, 6.07) is 0.923. The van der Waals surface area contributed by atoms with Gasteiger partial charge in [-0.3, -0.25) is 0 Å². The normalized spacial score (nSPS) is 21.5. The molecule has 1 unspecified atom stereocenters. The van der Waals surface area contributed by atoms with Crippen LogP contribution >= 0.6 is 0 Å². The van der Waals surface area contributed by atoms with Crippen molar-refractivity contribution < 1.29 is 23.1 Å². The monoisotopic (exact) mass is 288 g/mol. The minimum Gasteiger partial charge on any atom is -0.477 e. The van der Waals surface area contributed by atoms with Gasteiger partial charge < -0.3 is 14.4 Å². The molecule has 2 heterocycles. The van der Waals surface area contributed by atoms with Gasteiger partial charge in [0.1, 0.15) is 10.6 Å². The van der Waals surface area contributed by atoms with E-state index in [4.69, 9.17) is 9.84 Å². The van der Waals surface area contributed by atoms with Crippen molar-refractivity contribution in [1.29, 1.82) is 0 Å². The average Bonchev–Trinajstić information content (AvgIpc) is 2.72. The first-order valence-electron chi connectivity index (χ1n) is 5.83. The van der Waals surface area contributed by atoms with Crippen molar-refractivity contribution in [2.24, 2.45) is 7.05 Å². The Bertz CT molecular complexity index is 592. The van der Waals surface area contributed by atoms with E-state index in [0.29, 0.717) is 13.2 Å². The van der Waals surface area contributed by atoms with E-state index in [0.717, 1.165) is 0 Å². The summed E-state index contributed by atoms with van der Waals surface area (Å²) >= 11 is 0. The van der Waals surface area contributed by atoms with E-state index < -0.39 is 16.0 Å². The first kappa shape index (κ1) is 14.0. The van der Waals surface area contributed by atoms with E-state index >= 15 is 0 Å². The van der Waals surface area contributed by atoms with Crippen LogP contribution in [0.3, 0.4) is 0 Å². The Hall–Kier alpha value is -1.38. The van der Waals surface area contributed by atoms with Gasteiger partial charge in [0, 0.05) is 25.8 Å². The van der Waals surface area contributed by atoms with Gasteiger partial charge in [0.05, 0.1) is 13.2 Å². The zero-order valence-corrected chi connectivity index (χ0v) is 11.6. The molecule has 1 saturated heterocycles. The molecule has 8 heteroatoms. The number of rotatable bonds is 3. The minimum atomic E-state index is -3.68. The zero-order valence-electron chi connectivity index (χ0n) is 10.7. The van der Waals surface area contributed by atoms with Crippen LogP contribution in [0, 0.1) is 0 Å².